The fraction of sp³-hybridized carbons (Fsp3) is 0.182. The number of carboxylic acids is 1. The second kappa shape index (κ2) is 5.01. The summed E-state index contributed by atoms with van der Waals surface area (Å²) in [5.41, 5.74) is 0.437. The van der Waals surface area contributed by atoms with Crippen LogP contribution in [0.1, 0.15) is 24.2 Å². The number of sulfonamides is 1. The second-order valence-electron chi connectivity index (χ2n) is 3.39. The Kier molecular flexibility index (Phi) is 3.90. The predicted octanol–water partition coefficient (Wildman–Crippen LogP) is 2.05. The van der Waals surface area contributed by atoms with Crippen LogP contribution in [0.2, 0.25) is 0 Å². The number of benzene rings is 1. The summed E-state index contributed by atoms with van der Waals surface area (Å²) in [5, 5.41) is 8.69. The molecule has 6 heteroatoms. The van der Waals surface area contributed by atoms with Crippen LogP contribution >= 0.6 is 0 Å². The van der Waals surface area contributed by atoms with E-state index in [1.807, 2.05) is 0 Å². The van der Waals surface area contributed by atoms with E-state index in [-0.39, 0.29) is 10.5 Å². The van der Waals surface area contributed by atoms with Gasteiger partial charge in [-0.05, 0) is 38.1 Å². The summed E-state index contributed by atoms with van der Waals surface area (Å²) in [6.07, 6.45) is 1.48. The van der Waals surface area contributed by atoms with Crippen LogP contribution in [0.4, 0.5) is 5.69 Å². The van der Waals surface area contributed by atoms with Gasteiger partial charge in [-0.1, -0.05) is 6.08 Å². The molecular formula is C11H13NO4S. The van der Waals surface area contributed by atoms with Crippen molar-refractivity contribution in [1.29, 1.82) is 0 Å². The van der Waals surface area contributed by atoms with E-state index in [9.17, 15) is 13.2 Å². The first-order chi connectivity index (χ1) is 7.86. The maximum atomic E-state index is 11.7. The van der Waals surface area contributed by atoms with Crippen molar-refractivity contribution in [2.24, 2.45) is 0 Å². The average molecular weight is 255 g/mol. The molecule has 0 radical (unpaired) electrons. The highest BCUT2D eigenvalue weighted by atomic mass is 32.2. The molecule has 0 spiro atoms. The van der Waals surface area contributed by atoms with E-state index in [0.29, 0.717) is 5.69 Å². The number of carboxylic acid groups (broad SMARTS) is 1. The first-order valence-corrected chi connectivity index (χ1v) is 6.34. The van der Waals surface area contributed by atoms with E-state index in [1.165, 1.54) is 37.3 Å². The number of nitrogens with one attached hydrogen (secondary N) is 1. The van der Waals surface area contributed by atoms with E-state index in [2.05, 4.69) is 4.72 Å². The zero-order valence-corrected chi connectivity index (χ0v) is 10.3. The predicted molar refractivity (Wildman–Crippen MR) is 65.4 cm³/mol. The van der Waals surface area contributed by atoms with Crippen molar-refractivity contribution in [2.75, 3.05) is 4.72 Å². The van der Waals surface area contributed by atoms with Gasteiger partial charge < -0.3 is 5.11 Å². The van der Waals surface area contributed by atoms with E-state index < -0.39 is 16.0 Å². The monoisotopic (exact) mass is 255 g/mol. The topological polar surface area (TPSA) is 83.5 Å². The second-order valence-corrected chi connectivity index (χ2v) is 5.24. The summed E-state index contributed by atoms with van der Waals surface area (Å²) in [6, 6.07) is 5.49. The van der Waals surface area contributed by atoms with Crippen LogP contribution in [0, 0.1) is 0 Å². The molecule has 92 valence electrons. The molecule has 0 aliphatic heterocycles. The number of hydrogen-bond acceptors (Lipinski definition) is 3. The number of carbonyl (C=O) groups is 1. The summed E-state index contributed by atoms with van der Waals surface area (Å²) in [6.45, 7) is 3.11. The normalized spacial score (nSPS) is 12.2. The third-order valence-electron chi connectivity index (χ3n) is 2.21. The van der Waals surface area contributed by atoms with Crippen molar-refractivity contribution in [2.45, 2.75) is 13.8 Å². The molecule has 0 unspecified atom stereocenters. The van der Waals surface area contributed by atoms with Crippen LogP contribution in [0.25, 0.3) is 0 Å². The van der Waals surface area contributed by atoms with Crippen LogP contribution < -0.4 is 4.72 Å². The molecule has 0 bridgehead atoms. The number of hydrogen-bond donors (Lipinski definition) is 2. The summed E-state index contributed by atoms with van der Waals surface area (Å²) in [7, 11) is -3.53. The summed E-state index contributed by atoms with van der Waals surface area (Å²) >= 11 is 0. The van der Waals surface area contributed by atoms with Gasteiger partial charge in [-0.15, -0.1) is 0 Å². The lowest BCUT2D eigenvalue weighted by molar-refractivity contribution is 0.0697. The molecule has 0 aliphatic carbocycles. The Morgan fingerprint density at radius 2 is 1.82 bits per heavy atom. The lowest BCUT2D eigenvalue weighted by atomic mass is 10.2. The van der Waals surface area contributed by atoms with Gasteiger partial charge in [-0.25, -0.2) is 13.2 Å². The minimum atomic E-state index is -3.53. The quantitative estimate of drug-likeness (QED) is 0.862. The van der Waals surface area contributed by atoms with Crippen molar-refractivity contribution in [3.05, 3.63) is 40.8 Å². The SMILES string of the molecule is C/C=C(\C)S(=O)(=O)Nc1ccc(C(=O)O)cc1. The zero-order valence-electron chi connectivity index (χ0n) is 9.47. The molecular weight excluding hydrogens is 242 g/mol. The van der Waals surface area contributed by atoms with Crippen LogP contribution in [-0.4, -0.2) is 19.5 Å². The Bertz CT molecular complexity index is 543. The number of rotatable bonds is 4. The molecule has 0 atom stereocenters. The molecule has 1 aromatic rings. The van der Waals surface area contributed by atoms with Gasteiger partial charge in [0.1, 0.15) is 0 Å². The van der Waals surface area contributed by atoms with E-state index in [0.717, 1.165) is 0 Å². The fourth-order valence-electron chi connectivity index (χ4n) is 1.07. The highest BCUT2D eigenvalue weighted by molar-refractivity contribution is 7.96. The lowest BCUT2D eigenvalue weighted by Gasteiger charge is -2.07. The van der Waals surface area contributed by atoms with Gasteiger partial charge in [-0.2, -0.15) is 0 Å². The molecule has 0 saturated heterocycles. The minimum Gasteiger partial charge on any atom is -0.478 e. The van der Waals surface area contributed by atoms with Crippen LogP contribution in [0.3, 0.4) is 0 Å². The smallest absolute Gasteiger partial charge is 0.335 e. The number of anilines is 1. The van der Waals surface area contributed by atoms with Crippen molar-refractivity contribution < 1.29 is 18.3 Å². The molecule has 2 N–H and O–H groups in total. The maximum absolute atomic E-state index is 11.7. The Balaban J connectivity index is 2.94. The average Bonchev–Trinajstić information content (AvgIpc) is 2.28. The van der Waals surface area contributed by atoms with Gasteiger partial charge in [0.25, 0.3) is 10.0 Å². The van der Waals surface area contributed by atoms with Crippen molar-refractivity contribution in [1.82, 2.24) is 0 Å². The van der Waals surface area contributed by atoms with Gasteiger partial charge >= 0.3 is 5.97 Å². The largest absolute Gasteiger partial charge is 0.478 e. The molecule has 1 rings (SSSR count). The number of aromatic carboxylic acids is 1. The van der Waals surface area contributed by atoms with Crippen molar-refractivity contribution in [3.63, 3.8) is 0 Å². The van der Waals surface area contributed by atoms with Crippen LogP contribution in [0.15, 0.2) is 35.2 Å². The molecule has 17 heavy (non-hydrogen) atoms. The van der Waals surface area contributed by atoms with Gasteiger partial charge in [0.15, 0.2) is 0 Å². The third-order valence-corrected chi connectivity index (χ3v) is 3.80. The minimum absolute atomic E-state index is 0.107. The Morgan fingerprint density at radius 1 is 1.29 bits per heavy atom. The van der Waals surface area contributed by atoms with E-state index in [1.54, 1.807) is 6.92 Å². The summed E-state index contributed by atoms with van der Waals surface area (Å²) in [4.78, 5) is 10.8. The maximum Gasteiger partial charge on any atom is 0.335 e. The van der Waals surface area contributed by atoms with E-state index >= 15 is 0 Å². The van der Waals surface area contributed by atoms with E-state index in [4.69, 9.17) is 5.11 Å². The highest BCUT2D eigenvalue weighted by Gasteiger charge is 2.12. The lowest BCUT2D eigenvalue weighted by Crippen LogP contribution is -2.13. The van der Waals surface area contributed by atoms with Crippen LogP contribution in [-0.2, 0) is 10.0 Å². The molecule has 0 aromatic heterocycles. The number of allylic oxidation sites excluding steroid dienone is 2. The van der Waals surface area contributed by atoms with Crippen LogP contribution in [0.5, 0.6) is 0 Å². The molecule has 5 nitrogen and oxygen atoms in total. The van der Waals surface area contributed by atoms with Crippen molar-refractivity contribution >= 4 is 21.7 Å². The summed E-state index contributed by atoms with van der Waals surface area (Å²) in [5.74, 6) is -1.05. The molecule has 0 amide bonds. The van der Waals surface area contributed by atoms with Gasteiger partial charge in [0.05, 0.1) is 10.5 Å². The van der Waals surface area contributed by atoms with Gasteiger partial charge in [0, 0.05) is 5.69 Å². The molecule has 0 aliphatic rings. The standard InChI is InChI=1S/C11H13NO4S/c1-3-8(2)17(15,16)12-10-6-4-9(5-7-10)11(13)14/h3-7,12H,1-2H3,(H,13,14)/b8-3+. The summed E-state index contributed by atoms with van der Waals surface area (Å²) < 4.78 is 25.7. The Labute approximate surface area is 99.8 Å². The zero-order chi connectivity index (χ0) is 13.1. The Hall–Kier alpha value is -1.82. The van der Waals surface area contributed by atoms with Gasteiger partial charge in [0.2, 0.25) is 0 Å². The first kappa shape index (κ1) is 13.2. The molecule has 0 saturated carbocycles. The molecule has 0 fully saturated rings. The third kappa shape index (κ3) is 3.32. The van der Waals surface area contributed by atoms with Crippen molar-refractivity contribution in [3.8, 4) is 0 Å². The Morgan fingerprint density at radius 3 is 2.24 bits per heavy atom. The molecule has 0 heterocycles. The molecule has 1 aromatic carbocycles. The fourth-order valence-corrected chi connectivity index (χ4v) is 1.99. The van der Waals surface area contributed by atoms with Gasteiger partial charge in [-0.3, -0.25) is 4.72 Å². The highest BCUT2D eigenvalue weighted by Crippen LogP contribution is 2.14. The first-order valence-electron chi connectivity index (χ1n) is 4.86.